The van der Waals surface area contributed by atoms with E-state index in [1.807, 2.05) is 6.26 Å². The highest BCUT2D eigenvalue weighted by Crippen LogP contribution is 2.26. The molecule has 2 N–H and O–H groups in total. The third-order valence-corrected chi connectivity index (χ3v) is 4.79. The molecule has 1 atom stereocenters. The normalized spacial score (nSPS) is 16.8. The van der Waals surface area contributed by atoms with Crippen molar-refractivity contribution in [3.05, 3.63) is 52.9 Å². The number of aromatic amines is 1. The molecule has 0 fully saturated rings. The average molecular weight is 373 g/mol. The summed E-state index contributed by atoms with van der Waals surface area (Å²) in [6.45, 7) is 0.461. The zero-order valence-electron chi connectivity index (χ0n) is 14.0. The van der Waals surface area contributed by atoms with Crippen LogP contribution in [0.4, 0.5) is 4.39 Å². The maximum atomic E-state index is 13.2. The second kappa shape index (κ2) is 6.91. The second-order valence-corrected chi connectivity index (χ2v) is 6.89. The predicted molar refractivity (Wildman–Crippen MR) is 94.3 cm³/mol. The van der Waals surface area contributed by atoms with Crippen LogP contribution >= 0.6 is 11.8 Å². The van der Waals surface area contributed by atoms with Crippen LogP contribution in [0, 0.1) is 5.82 Å². The third-order valence-electron chi connectivity index (χ3n) is 4.24. The minimum absolute atomic E-state index is 0.0174. The second-order valence-electron chi connectivity index (χ2n) is 6.02. The molecule has 1 aliphatic heterocycles. The number of carbonyl (C=O) groups excluding carboxylic acids is 1. The smallest absolute Gasteiger partial charge is 0.293 e. The number of hydrogen-bond acceptors (Lipinski definition) is 6. The highest BCUT2D eigenvalue weighted by molar-refractivity contribution is 7.97. The van der Waals surface area contributed by atoms with E-state index >= 15 is 0 Å². The van der Waals surface area contributed by atoms with Crippen molar-refractivity contribution in [2.24, 2.45) is 0 Å². The van der Waals surface area contributed by atoms with E-state index < -0.39 is 0 Å². The number of thioether (sulfide) groups is 1. The van der Waals surface area contributed by atoms with Crippen molar-refractivity contribution < 1.29 is 13.7 Å². The monoisotopic (exact) mass is 373 g/mol. The van der Waals surface area contributed by atoms with E-state index in [9.17, 15) is 9.18 Å². The number of nitrogens with one attached hydrogen (secondary N) is 2. The summed E-state index contributed by atoms with van der Waals surface area (Å²) >= 11 is 1.59. The number of fused-ring (bicyclic) bond motifs is 1. The molecule has 134 valence electrons. The fraction of sp³-hybridized carbons (Fsp3) is 0.294. The van der Waals surface area contributed by atoms with Gasteiger partial charge in [-0.25, -0.2) is 9.37 Å². The van der Waals surface area contributed by atoms with Gasteiger partial charge in [0.2, 0.25) is 0 Å². The molecule has 0 bridgehead atoms. The number of imidazole rings is 1. The zero-order valence-corrected chi connectivity index (χ0v) is 14.8. The summed E-state index contributed by atoms with van der Waals surface area (Å²) in [5, 5.41) is 6.76. The van der Waals surface area contributed by atoms with Gasteiger partial charge in [-0.3, -0.25) is 4.79 Å². The molecule has 3 heterocycles. The summed E-state index contributed by atoms with van der Waals surface area (Å²) in [5.74, 6) is 1.33. The van der Waals surface area contributed by atoms with Crippen molar-refractivity contribution >= 4 is 17.7 Å². The molecule has 0 saturated carbocycles. The molecule has 0 spiro atoms. The standard InChI is InChI=1S/C17H16FN5O2S/c1-26-8-13-21-17(25-23-13)15-20-12-6-10(7-19-16(24)14(12)22-15)9-2-4-11(18)5-3-9/h2-5,10H,6-8H2,1H3,(H,19,24)(H,20,22). The van der Waals surface area contributed by atoms with Crippen LogP contribution in [-0.2, 0) is 12.2 Å². The van der Waals surface area contributed by atoms with Gasteiger partial charge in [-0.15, -0.1) is 0 Å². The molecule has 3 aromatic rings. The van der Waals surface area contributed by atoms with Crippen molar-refractivity contribution in [2.45, 2.75) is 18.1 Å². The molecule has 0 radical (unpaired) electrons. The molecule has 1 aromatic carbocycles. The summed E-state index contributed by atoms with van der Waals surface area (Å²) in [7, 11) is 0. The van der Waals surface area contributed by atoms with Crippen LogP contribution in [0.2, 0.25) is 0 Å². The Morgan fingerprint density at radius 1 is 1.31 bits per heavy atom. The number of H-pyrrole nitrogens is 1. The van der Waals surface area contributed by atoms with Gasteiger partial charge < -0.3 is 14.8 Å². The van der Waals surface area contributed by atoms with Crippen molar-refractivity contribution in [1.82, 2.24) is 25.4 Å². The maximum Gasteiger partial charge on any atom is 0.293 e. The average Bonchev–Trinajstić information content (AvgIpc) is 3.23. The van der Waals surface area contributed by atoms with Gasteiger partial charge in [0.25, 0.3) is 11.8 Å². The minimum Gasteiger partial charge on any atom is -0.350 e. The molecule has 0 saturated heterocycles. The quantitative estimate of drug-likeness (QED) is 0.729. The number of aromatic nitrogens is 4. The van der Waals surface area contributed by atoms with E-state index in [4.69, 9.17) is 4.52 Å². The molecule has 26 heavy (non-hydrogen) atoms. The van der Waals surface area contributed by atoms with E-state index in [1.165, 1.54) is 12.1 Å². The first-order valence-corrected chi connectivity index (χ1v) is 9.48. The molecular weight excluding hydrogens is 357 g/mol. The molecule has 1 aliphatic rings. The minimum atomic E-state index is -0.284. The van der Waals surface area contributed by atoms with Crippen LogP contribution < -0.4 is 5.32 Å². The third kappa shape index (κ3) is 3.22. The lowest BCUT2D eigenvalue weighted by atomic mass is 9.94. The van der Waals surface area contributed by atoms with Crippen LogP contribution in [0.15, 0.2) is 28.8 Å². The maximum absolute atomic E-state index is 13.2. The number of nitrogens with zero attached hydrogens (tertiary/aromatic N) is 3. The Balaban J connectivity index is 1.64. The summed E-state index contributed by atoms with van der Waals surface area (Å²) in [6, 6.07) is 6.32. The number of rotatable bonds is 4. The van der Waals surface area contributed by atoms with E-state index in [0.29, 0.717) is 41.8 Å². The molecule has 0 aliphatic carbocycles. The van der Waals surface area contributed by atoms with Crippen LogP contribution in [0.3, 0.4) is 0 Å². The van der Waals surface area contributed by atoms with Gasteiger partial charge in [-0.05, 0) is 30.4 Å². The Morgan fingerprint density at radius 3 is 2.88 bits per heavy atom. The molecule has 1 unspecified atom stereocenters. The SMILES string of the molecule is CSCc1noc(-c2nc3c([nH]2)CC(c2ccc(F)cc2)CNC3=O)n1. The Hall–Kier alpha value is -2.68. The molecule has 7 nitrogen and oxygen atoms in total. The topological polar surface area (TPSA) is 96.7 Å². The van der Waals surface area contributed by atoms with Gasteiger partial charge in [0.05, 0.1) is 5.75 Å². The van der Waals surface area contributed by atoms with Crippen LogP contribution in [0.5, 0.6) is 0 Å². The van der Waals surface area contributed by atoms with Crippen molar-refractivity contribution in [3.8, 4) is 11.7 Å². The zero-order chi connectivity index (χ0) is 18.1. The lowest BCUT2D eigenvalue weighted by Crippen LogP contribution is -2.26. The first kappa shape index (κ1) is 16.8. The van der Waals surface area contributed by atoms with E-state index in [0.717, 1.165) is 5.56 Å². The summed E-state index contributed by atoms with van der Waals surface area (Å²) in [4.78, 5) is 24.1. The lowest BCUT2D eigenvalue weighted by Gasteiger charge is -2.14. The summed E-state index contributed by atoms with van der Waals surface area (Å²) < 4.78 is 18.4. The van der Waals surface area contributed by atoms with Gasteiger partial charge in [-0.1, -0.05) is 17.3 Å². The number of benzene rings is 1. The Morgan fingerprint density at radius 2 is 2.12 bits per heavy atom. The van der Waals surface area contributed by atoms with Gasteiger partial charge in [0, 0.05) is 18.2 Å². The van der Waals surface area contributed by atoms with Gasteiger partial charge >= 0.3 is 0 Å². The first-order chi connectivity index (χ1) is 12.6. The Labute approximate surface area is 152 Å². The highest BCUT2D eigenvalue weighted by Gasteiger charge is 2.27. The van der Waals surface area contributed by atoms with Crippen LogP contribution in [0.1, 0.15) is 33.5 Å². The fourth-order valence-electron chi connectivity index (χ4n) is 2.97. The largest absolute Gasteiger partial charge is 0.350 e. The van der Waals surface area contributed by atoms with Gasteiger partial charge in [-0.2, -0.15) is 16.7 Å². The highest BCUT2D eigenvalue weighted by atomic mass is 32.2. The Bertz CT molecular complexity index is 937. The van der Waals surface area contributed by atoms with Crippen molar-refractivity contribution in [3.63, 3.8) is 0 Å². The Kier molecular flexibility index (Phi) is 4.46. The predicted octanol–water partition coefficient (Wildman–Crippen LogP) is 2.53. The van der Waals surface area contributed by atoms with E-state index in [1.54, 1.807) is 23.9 Å². The van der Waals surface area contributed by atoms with Crippen LogP contribution in [-0.4, -0.2) is 38.8 Å². The molecule has 1 amide bonds. The van der Waals surface area contributed by atoms with Crippen LogP contribution in [0.25, 0.3) is 11.7 Å². The van der Waals surface area contributed by atoms with E-state index in [2.05, 4.69) is 25.4 Å². The number of halogens is 1. The molecule has 2 aromatic heterocycles. The fourth-order valence-corrected chi connectivity index (χ4v) is 3.35. The number of carbonyl (C=O) groups is 1. The summed E-state index contributed by atoms with van der Waals surface area (Å²) in [6.07, 6.45) is 2.52. The molecule has 9 heteroatoms. The lowest BCUT2D eigenvalue weighted by molar-refractivity contribution is 0.0950. The number of amides is 1. The van der Waals surface area contributed by atoms with Crippen molar-refractivity contribution in [1.29, 1.82) is 0 Å². The number of hydrogen-bond donors (Lipinski definition) is 2. The van der Waals surface area contributed by atoms with Gasteiger partial charge in [0.1, 0.15) is 11.5 Å². The molecule has 4 rings (SSSR count). The first-order valence-electron chi connectivity index (χ1n) is 8.08. The van der Waals surface area contributed by atoms with Crippen molar-refractivity contribution in [2.75, 3.05) is 12.8 Å². The van der Waals surface area contributed by atoms with Gasteiger partial charge in [0.15, 0.2) is 11.6 Å². The van der Waals surface area contributed by atoms with E-state index in [-0.39, 0.29) is 23.5 Å². The summed E-state index contributed by atoms with van der Waals surface area (Å²) in [5.41, 5.74) is 1.99. The molecular formula is C17H16FN5O2S.